The van der Waals surface area contributed by atoms with E-state index in [4.69, 9.17) is 23.2 Å². The van der Waals surface area contributed by atoms with Crippen molar-refractivity contribution in [1.82, 2.24) is 14.8 Å². The molecular weight excluding hydrogens is 423 g/mol. The zero-order valence-electron chi connectivity index (χ0n) is 14.8. The number of nitrogens with one attached hydrogen (secondary N) is 1. The van der Waals surface area contributed by atoms with Crippen LogP contribution in [0, 0.1) is 0 Å². The molecule has 2 aromatic heterocycles. The topological polar surface area (TPSA) is 59.8 Å². The lowest BCUT2D eigenvalue weighted by Gasteiger charge is -2.08. The lowest BCUT2D eigenvalue weighted by atomic mass is 10.2. The maximum absolute atomic E-state index is 12.2. The fraction of sp³-hybridized carbons (Fsp3) is 0.278. The van der Waals surface area contributed by atoms with E-state index >= 15 is 0 Å². The molecule has 142 valence electrons. The Bertz CT molecular complexity index is 955. The summed E-state index contributed by atoms with van der Waals surface area (Å²) in [5.41, 5.74) is 1.55. The maximum Gasteiger partial charge on any atom is 0.234 e. The molecule has 3 rings (SSSR count). The molecule has 0 aliphatic rings. The summed E-state index contributed by atoms with van der Waals surface area (Å²) in [5.74, 6) is 0.809. The number of rotatable bonds is 7. The van der Waals surface area contributed by atoms with Crippen molar-refractivity contribution in [2.45, 2.75) is 24.9 Å². The number of amides is 1. The van der Waals surface area contributed by atoms with Gasteiger partial charge < -0.3 is 9.88 Å². The first kappa shape index (κ1) is 20.2. The van der Waals surface area contributed by atoms with Crippen LogP contribution >= 0.6 is 46.3 Å². The van der Waals surface area contributed by atoms with E-state index in [1.54, 1.807) is 29.5 Å². The number of aromatic nitrogens is 3. The van der Waals surface area contributed by atoms with Crippen molar-refractivity contribution in [3.05, 3.63) is 44.6 Å². The molecule has 0 saturated heterocycles. The highest BCUT2D eigenvalue weighted by atomic mass is 35.5. The third-order valence-corrected chi connectivity index (χ3v) is 6.64. The van der Waals surface area contributed by atoms with Gasteiger partial charge in [-0.25, -0.2) is 0 Å². The maximum atomic E-state index is 12.2. The number of thiophene rings is 1. The van der Waals surface area contributed by atoms with Crippen LogP contribution in [-0.4, -0.2) is 26.4 Å². The van der Waals surface area contributed by atoms with Gasteiger partial charge in [0.1, 0.15) is 0 Å². The van der Waals surface area contributed by atoms with Crippen LogP contribution in [-0.2, 0) is 18.3 Å². The fourth-order valence-electron chi connectivity index (χ4n) is 2.48. The minimum absolute atomic E-state index is 0.186. The van der Waals surface area contributed by atoms with Crippen LogP contribution in [0.25, 0.3) is 11.4 Å². The molecule has 1 N–H and O–H groups in total. The fourth-order valence-corrected chi connectivity index (χ4v) is 4.51. The Hall–Kier alpha value is -1.54. The molecule has 1 aromatic carbocycles. The van der Waals surface area contributed by atoms with Crippen molar-refractivity contribution in [2.75, 3.05) is 11.1 Å². The summed E-state index contributed by atoms with van der Waals surface area (Å²) in [7, 11) is 1.90. The molecule has 3 aromatic rings. The highest BCUT2D eigenvalue weighted by Crippen LogP contribution is 2.30. The van der Waals surface area contributed by atoms with Gasteiger partial charge in [0.25, 0.3) is 0 Å². The molecule has 0 atom stereocenters. The molecule has 0 radical (unpaired) electrons. The molecule has 0 saturated carbocycles. The van der Waals surface area contributed by atoms with Crippen molar-refractivity contribution >= 4 is 57.9 Å². The van der Waals surface area contributed by atoms with Crippen LogP contribution < -0.4 is 5.32 Å². The Morgan fingerprint density at radius 1 is 1.33 bits per heavy atom. The highest BCUT2D eigenvalue weighted by Gasteiger charge is 2.15. The van der Waals surface area contributed by atoms with Crippen LogP contribution in [0.4, 0.5) is 5.69 Å². The molecule has 27 heavy (non-hydrogen) atoms. The van der Waals surface area contributed by atoms with Crippen molar-refractivity contribution in [3.8, 4) is 11.4 Å². The number of halogens is 2. The Morgan fingerprint density at radius 3 is 2.93 bits per heavy atom. The molecule has 0 aliphatic carbocycles. The SMILES string of the molecule is CCCc1cc(-c2nnc(SCC(=O)Nc3cccc(Cl)c3Cl)n2C)cs1. The summed E-state index contributed by atoms with van der Waals surface area (Å²) in [6.07, 6.45) is 2.18. The van der Waals surface area contributed by atoms with Crippen LogP contribution in [0.3, 0.4) is 0 Å². The van der Waals surface area contributed by atoms with E-state index in [1.165, 1.54) is 16.6 Å². The lowest BCUT2D eigenvalue weighted by molar-refractivity contribution is -0.113. The molecule has 9 heteroatoms. The minimum Gasteiger partial charge on any atom is -0.324 e. The van der Waals surface area contributed by atoms with E-state index in [-0.39, 0.29) is 11.7 Å². The second-order valence-corrected chi connectivity index (χ2v) is 8.58. The van der Waals surface area contributed by atoms with E-state index in [0.29, 0.717) is 20.9 Å². The van der Waals surface area contributed by atoms with Gasteiger partial charge in [0.05, 0.1) is 21.5 Å². The highest BCUT2D eigenvalue weighted by molar-refractivity contribution is 7.99. The predicted octanol–water partition coefficient (Wildman–Crippen LogP) is 5.53. The number of nitrogens with zero attached hydrogens (tertiary/aromatic N) is 3. The normalized spacial score (nSPS) is 11.0. The number of hydrogen-bond donors (Lipinski definition) is 1. The zero-order chi connectivity index (χ0) is 19.4. The predicted molar refractivity (Wildman–Crippen MR) is 114 cm³/mol. The number of hydrogen-bond acceptors (Lipinski definition) is 5. The van der Waals surface area contributed by atoms with Gasteiger partial charge in [-0.15, -0.1) is 21.5 Å². The smallest absolute Gasteiger partial charge is 0.234 e. The second kappa shape index (κ2) is 9.10. The molecule has 2 heterocycles. The average Bonchev–Trinajstić information content (AvgIpc) is 3.24. The number of benzene rings is 1. The van der Waals surface area contributed by atoms with Gasteiger partial charge in [-0.1, -0.05) is 54.4 Å². The summed E-state index contributed by atoms with van der Waals surface area (Å²) in [4.78, 5) is 13.6. The average molecular weight is 441 g/mol. The van der Waals surface area contributed by atoms with E-state index in [1.807, 2.05) is 11.6 Å². The van der Waals surface area contributed by atoms with Gasteiger partial charge >= 0.3 is 0 Å². The largest absolute Gasteiger partial charge is 0.324 e. The number of thioether (sulfide) groups is 1. The Kier molecular flexibility index (Phi) is 6.81. The summed E-state index contributed by atoms with van der Waals surface area (Å²) >= 11 is 15.1. The third-order valence-electron chi connectivity index (χ3n) is 3.80. The van der Waals surface area contributed by atoms with Gasteiger partial charge in [-0.05, 0) is 24.6 Å². The molecular formula is C18H18Cl2N4OS2. The monoisotopic (exact) mass is 440 g/mol. The summed E-state index contributed by atoms with van der Waals surface area (Å²) in [6.45, 7) is 2.16. The van der Waals surface area contributed by atoms with Gasteiger partial charge in [-0.3, -0.25) is 4.79 Å². The van der Waals surface area contributed by atoms with Crippen molar-refractivity contribution in [3.63, 3.8) is 0 Å². The molecule has 0 aliphatic heterocycles. The summed E-state index contributed by atoms with van der Waals surface area (Å²) < 4.78 is 1.90. The van der Waals surface area contributed by atoms with Gasteiger partial charge in [0, 0.05) is 22.9 Å². The van der Waals surface area contributed by atoms with Crippen molar-refractivity contribution < 1.29 is 4.79 Å². The molecule has 1 amide bonds. The van der Waals surface area contributed by atoms with E-state index in [2.05, 4.69) is 33.9 Å². The first-order chi connectivity index (χ1) is 13.0. The number of aryl methyl sites for hydroxylation is 1. The van der Waals surface area contributed by atoms with Gasteiger partial charge in [0.2, 0.25) is 5.91 Å². The quantitative estimate of drug-likeness (QED) is 0.490. The molecule has 0 unspecified atom stereocenters. The standard InChI is InChI=1S/C18H18Cl2N4OS2/c1-3-5-12-8-11(9-26-12)17-22-23-18(24(17)2)27-10-15(25)21-14-7-4-6-13(19)16(14)20/h4,6-9H,3,5,10H2,1-2H3,(H,21,25). The van der Waals surface area contributed by atoms with Crippen LogP contribution in [0.5, 0.6) is 0 Å². The molecule has 0 spiro atoms. The number of anilines is 1. The van der Waals surface area contributed by atoms with Crippen LogP contribution in [0.2, 0.25) is 10.0 Å². The van der Waals surface area contributed by atoms with Crippen molar-refractivity contribution in [2.24, 2.45) is 7.05 Å². The lowest BCUT2D eigenvalue weighted by Crippen LogP contribution is -2.14. The summed E-state index contributed by atoms with van der Waals surface area (Å²) in [5, 5.41) is 14.8. The van der Waals surface area contributed by atoms with E-state index < -0.39 is 0 Å². The van der Waals surface area contributed by atoms with E-state index in [9.17, 15) is 4.79 Å². The van der Waals surface area contributed by atoms with Crippen LogP contribution in [0.1, 0.15) is 18.2 Å². The van der Waals surface area contributed by atoms with E-state index in [0.717, 1.165) is 24.2 Å². The van der Waals surface area contributed by atoms with Gasteiger partial charge in [-0.2, -0.15) is 0 Å². The molecule has 0 bridgehead atoms. The first-order valence-electron chi connectivity index (χ1n) is 8.33. The van der Waals surface area contributed by atoms with Crippen molar-refractivity contribution in [1.29, 1.82) is 0 Å². The minimum atomic E-state index is -0.186. The zero-order valence-corrected chi connectivity index (χ0v) is 18.0. The Labute approximate surface area is 176 Å². The molecule has 0 fully saturated rings. The van der Waals surface area contributed by atoms with Crippen LogP contribution in [0.15, 0.2) is 34.8 Å². The number of carbonyl (C=O) groups excluding carboxylic acids is 1. The summed E-state index contributed by atoms with van der Waals surface area (Å²) in [6, 6.07) is 7.27. The molecule has 5 nitrogen and oxygen atoms in total. The second-order valence-electron chi connectivity index (χ2n) is 5.86. The Balaban J connectivity index is 1.63. The third kappa shape index (κ3) is 4.85. The number of carbonyl (C=O) groups is 1. The van der Waals surface area contributed by atoms with Gasteiger partial charge in [0.15, 0.2) is 11.0 Å². The Morgan fingerprint density at radius 2 is 2.15 bits per heavy atom. The first-order valence-corrected chi connectivity index (χ1v) is 11.0.